The predicted molar refractivity (Wildman–Crippen MR) is 120 cm³/mol. The summed E-state index contributed by atoms with van der Waals surface area (Å²) in [6, 6.07) is 10.5. The molecule has 2 aromatic rings. The Morgan fingerprint density at radius 1 is 1.00 bits per heavy atom. The van der Waals surface area contributed by atoms with E-state index in [9.17, 15) is 23.1 Å². The minimum absolute atomic E-state index is 0.143. The van der Waals surface area contributed by atoms with Crippen molar-refractivity contribution in [2.75, 3.05) is 39.3 Å². The summed E-state index contributed by atoms with van der Waals surface area (Å²) in [7, 11) is 0. The highest BCUT2D eigenvalue weighted by Gasteiger charge is 2.39. The number of aliphatic hydroxyl groups is 1. The second-order valence-corrected chi connectivity index (χ2v) is 9.32. The summed E-state index contributed by atoms with van der Waals surface area (Å²) in [5.41, 5.74) is 0.263. The van der Waals surface area contributed by atoms with Gasteiger partial charge in [0, 0.05) is 56.4 Å². The van der Waals surface area contributed by atoms with Gasteiger partial charge in [-0.25, -0.2) is 0 Å². The summed E-state index contributed by atoms with van der Waals surface area (Å²) < 4.78 is 39.4. The van der Waals surface area contributed by atoms with Crippen LogP contribution in [0.4, 0.5) is 13.2 Å². The van der Waals surface area contributed by atoms with E-state index >= 15 is 0 Å². The molecule has 0 spiro atoms. The largest absolute Gasteiger partial charge is 0.417 e. The lowest BCUT2D eigenvalue weighted by Crippen LogP contribution is -2.53. The molecule has 2 saturated heterocycles. The number of piperazine rings is 1. The topological polar surface area (TPSA) is 47.0 Å². The maximum atomic E-state index is 13.1. The quantitative estimate of drug-likeness (QED) is 0.687. The molecule has 2 aromatic carbocycles. The molecule has 1 N–H and O–H groups in total. The zero-order valence-corrected chi connectivity index (χ0v) is 19.2. The molecule has 0 aliphatic carbocycles. The molecule has 0 bridgehead atoms. The molecule has 10 heteroatoms. The Hall–Kier alpha value is -1.84. The lowest BCUT2D eigenvalue weighted by molar-refractivity contribution is -0.137. The van der Waals surface area contributed by atoms with Crippen molar-refractivity contribution in [1.29, 1.82) is 0 Å². The van der Waals surface area contributed by atoms with Gasteiger partial charge in [0.1, 0.15) is 0 Å². The second kappa shape index (κ2) is 9.80. The number of alkyl halides is 3. The van der Waals surface area contributed by atoms with Gasteiger partial charge in [0.25, 0.3) is 5.91 Å². The Bertz CT molecular complexity index is 995. The maximum absolute atomic E-state index is 13.1. The van der Waals surface area contributed by atoms with Crippen LogP contribution in [-0.2, 0) is 12.7 Å². The maximum Gasteiger partial charge on any atom is 0.417 e. The number of rotatable bonds is 4. The summed E-state index contributed by atoms with van der Waals surface area (Å²) in [6.45, 7) is 3.69. The number of benzene rings is 2. The first-order valence-electron chi connectivity index (χ1n) is 10.7. The van der Waals surface area contributed by atoms with Gasteiger partial charge < -0.3 is 10.0 Å². The minimum Gasteiger partial charge on any atom is -0.390 e. The van der Waals surface area contributed by atoms with Gasteiger partial charge in [-0.3, -0.25) is 14.6 Å². The Labute approximate surface area is 200 Å². The molecule has 2 atom stereocenters. The van der Waals surface area contributed by atoms with E-state index in [1.807, 2.05) is 0 Å². The van der Waals surface area contributed by atoms with E-state index in [-0.39, 0.29) is 23.5 Å². The van der Waals surface area contributed by atoms with Crippen LogP contribution in [0.3, 0.4) is 0 Å². The molecule has 33 heavy (non-hydrogen) atoms. The predicted octanol–water partition coefficient (Wildman–Crippen LogP) is 4.02. The van der Waals surface area contributed by atoms with Crippen LogP contribution < -0.4 is 0 Å². The molecular formula is C23H24Cl2F3N3O2. The number of β-amino-alcohol motifs (C(OH)–C–C–N with tert-alkyl or cyclic N) is 1. The van der Waals surface area contributed by atoms with Gasteiger partial charge in [-0.15, -0.1) is 0 Å². The monoisotopic (exact) mass is 501 g/mol. The van der Waals surface area contributed by atoms with Gasteiger partial charge in [-0.05, 0) is 42.0 Å². The average Bonchev–Trinajstić information content (AvgIpc) is 3.16. The van der Waals surface area contributed by atoms with Crippen molar-refractivity contribution >= 4 is 29.1 Å². The normalized spacial score (nSPS) is 22.7. The number of amides is 1. The fourth-order valence-electron chi connectivity index (χ4n) is 4.47. The Morgan fingerprint density at radius 2 is 1.67 bits per heavy atom. The molecular weight excluding hydrogens is 478 g/mol. The average molecular weight is 502 g/mol. The van der Waals surface area contributed by atoms with E-state index in [4.69, 9.17) is 23.2 Å². The molecule has 178 valence electrons. The van der Waals surface area contributed by atoms with Gasteiger partial charge >= 0.3 is 6.18 Å². The first-order chi connectivity index (χ1) is 15.6. The molecule has 2 aliphatic heterocycles. The highest BCUT2D eigenvalue weighted by Crippen LogP contribution is 2.35. The van der Waals surface area contributed by atoms with Crippen LogP contribution in [0.25, 0.3) is 0 Å². The van der Waals surface area contributed by atoms with Crippen molar-refractivity contribution < 1.29 is 23.1 Å². The first-order valence-corrected chi connectivity index (χ1v) is 11.4. The molecule has 2 aliphatic rings. The lowest BCUT2D eigenvalue weighted by Gasteiger charge is -2.38. The third kappa shape index (κ3) is 5.63. The van der Waals surface area contributed by atoms with Crippen molar-refractivity contribution in [3.05, 3.63) is 69.2 Å². The van der Waals surface area contributed by atoms with Crippen LogP contribution in [0.15, 0.2) is 42.5 Å². The molecule has 5 nitrogen and oxygen atoms in total. The summed E-state index contributed by atoms with van der Waals surface area (Å²) in [6.07, 6.45) is -5.14. The van der Waals surface area contributed by atoms with Gasteiger partial charge in [-0.2, -0.15) is 13.2 Å². The number of carbonyl (C=O) groups excluding carboxylic acids is 1. The molecule has 0 saturated carbocycles. The number of carbonyl (C=O) groups is 1. The smallest absolute Gasteiger partial charge is 0.390 e. The van der Waals surface area contributed by atoms with Crippen molar-refractivity contribution in [2.24, 2.45) is 0 Å². The first kappa shape index (κ1) is 24.3. The highest BCUT2D eigenvalue weighted by atomic mass is 35.5. The summed E-state index contributed by atoms with van der Waals surface area (Å²) in [5, 5.41) is 10.8. The van der Waals surface area contributed by atoms with Crippen LogP contribution in [0.5, 0.6) is 0 Å². The number of halogens is 5. The third-order valence-corrected chi connectivity index (χ3v) is 6.84. The van der Waals surface area contributed by atoms with Crippen LogP contribution in [0, 0.1) is 0 Å². The third-order valence-electron chi connectivity index (χ3n) is 6.26. The van der Waals surface area contributed by atoms with Crippen LogP contribution in [0.1, 0.15) is 21.5 Å². The lowest BCUT2D eigenvalue weighted by atomic mass is 10.1. The van der Waals surface area contributed by atoms with Crippen molar-refractivity contribution in [3.8, 4) is 0 Å². The van der Waals surface area contributed by atoms with E-state index < -0.39 is 17.8 Å². The number of likely N-dealkylation sites (tertiary alicyclic amines) is 1. The Morgan fingerprint density at radius 3 is 2.30 bits per heavy atom. The van der Waals surface area contributed by atoms with Crippen molar-refractivity contribution in [2.45, 2.75) is 24.9 Å². The van der Waals surface area contributed by atoms with Gasteiger partial charge in [0.15, 0.2) is 0 Å². The van der Waals surface area contributed by atoms with Crippen molar-refractivity contribution in [3.63, 3.8) is 0 Å². The van der Waals surface area contributed by atoms with E-state index in [0.717, 1.165) is 6.07 Å². The van der Waals surface area contributed by atoms with E-state index in [0.29, 0.717) is 55.4 Å². The number of nitrogens with zero attached hydrogens (tertiary/aromatic N) is 3. The number of aliphatic hydroxyl groups excluding tert-OH is 1. The Balaban J connectivity index is 1.33. The highest BCUT2D eigenvalue weighted by molar-refractivity contribution is 6.31. The Kier molecular flexibility index (Phi) is 7.21. The standard InChI is InChI=1S/C23H24Cl2F3N3O2/c24-17-4-2-16(3-5-17)22(33)31-13-20(21(32)14-31)30-9-7-29(8-10-30)12-15-1-6-19(25)18(11-15)23(26,27)28/h1-6,11,20-21,32H,7-10,12-14H2. The van der Waals surface area contributed by atoms with Gasteiger partial charge in [0.2, 0.25) is 0 Å². The molecule has 1 amide bonds. The van der Waals surface area contributed by atoms with Crippen molar-refractivity contribution in [1.82, 2.24) is 14.7 Å². The van der Waals surface area contributed by atoms with Crippen LogP contribution >= 0.6 is 23.2 Å². The SMILES string of the molecule is O=C(c1ccc(Cl)cc1)N1CC(O)C(N2CCN(Cc3ccc(Cl)c(C(F)(F)F)c3)CC2)C1. The molecule has 4 rings (SSSR count). The fourth-order valence-corrected chi connectivity index (χ4v) is 4.82. The number of hydrogen-bond donors (Lipinski definition) is 1. The molecule has 2 fully saturated rings. The molecule has 0 radical (unpaired) electrons. The van der Waals surface area contributed by atoms with E-state index in [2.05, 4.69) is 9.80 Å². The zero-order chi connectivity index (χ0) is 23.8. The molecule has 2 heterocycles. The minimum atomic E-state index is -4.49. The summed E-state index contributed by atoms with van der Waals surface area (Å²) in [5.74, 6) is -0.143. The summed E-state index contributed by atoms with van der Waals surface area (Å²) in [4.78, 5) is 18.6. The summed E-state index contributed by atoms with van der Waals surface area (Å²) >= 11 is 11.6. The van der Waals surface area contributed by atoms with Gasteiger partial charge in [-0.1, -0.05) is 29.3 Å². The van der Waals surface area contributed by atoms with Crippen LogP contribution in [-0.4, -0.2) is 77.1 Å². The van der Waals surface area contributed by atoms with Gasteiger partial charge in [0.05, 0.1) is 22.7 Å². The fraction of sp³-hybridized carbons (Fsp3) is 0.435. The number of hydrogen-bond acceptors (Lipinski definition) is 4. The zero-order valence-electron chi connectivity index (χ0n) is 17.7. The van der Waals surface area contributed by atoms with Crippen LogP contribution in [0.2, 0.25) is 10.0 Å². The van der Waals surface area contributed by atoms with E-state index in [1.54, 1.807) is 35.2 Å². The molecule has 2 unspecified atom stereocenters. The second-order valence-electron chi connectivity index (χ2n) is 8.48. The molecule has 0 aromatic heterocycles. The van der Waals surface area contributed by atoms with E-state index in [1.165, 1.54) is 6.07 Å².